The van der Waals surface area contributed by atoms with Crippen molar-refractivity contribution in [1.82, 2.24) is 0 Å². The Morgan fingerprint density at radius 1 is 1.04 bits per heavy atom. The largest absolute Gasteiger partial charge is 0.451 e. The standard InChI is InChI=1S/C19H15FN2O3/c1-11-10-13(18(21)23)4-7-15(11)22-19(24)17-9-8-16(25-17)12-2-5-14(20)6-3-12/h2-10H,1H3,(H2,21,23)(H,22,24). The van der Waals surface area contributed by atoms with E-state index in [2.05, 4.69) is 5.32 Å². The number of anilines is 1. The van der Waals surface area contributed by atoms with Crippen molar-refractivity contribution in [2.75, 3.05) is 5.32 Å². The van der Waals surface area contributed by atoms with E-state index in [1.165, 1.54) is 18.2 Å². The van der Waals surface area contributed by atoms with Crippen LogP contribution in [0.3, 0.4) is 0 Å². The van der Waals surface area contributed by atoms with Gasteiger partial charge in [-0.15, -0.1) is 0 Å². The van der Waals surface area contributed by atoms with Crippen LogP contribution < -0.4 is 11.1 Å². The van der Waals surface area contributed by atoms with Crippen LogP contribution in [0.15, 0.2) is 59.0 Å². The number of rotatable bonds is 4. The summed E-state index contributed by atoms with van der Waals surface area (Å²) in [7, 11) is 0. The number of benzene rings is 2. The van der Waals surface area contributed by atoms with Gasteiger partial charge in [-0.05, 0) is 67.1 Å². The minimum Gasteiger partial charge on any atom is -0.451 e. The first kappa shape index (κ1) is 16.4. The highest BCUT2D eigenvalue weighted by atomic mass is 19.1. The fourth-order valence-corrected chi connectivity index (χ4v) is 2.37. The number of furan rings is 1. The van der Waals surface area contributed by atoms with E-state index >= 15 is 0 Å². The molecule has 0 saturated carbocycles. The summed E-state index contributed by atoms with van der Waals surface area (Å²) in [5.41, 5.74) is 7.52. The number of hydrogen-bond donors (Lipinski definition) is 2. The van der Waals surface area contributed by atoms with Crippen molar-refractivity contribution in [3.8, 4) is 11.3 Å². The highest BCUT2D eigenvalue weighted by molar-refractivity contribution is 6.03. The third kappa shape index (κ3) is 3.58. The second-order valence-electron chi connectivity index (χ2n) is 5.52. The first-order chi connectivity index (χ1) is 11.9. The van der Waals surface area contributed by atoms with Gasteiger partial charge < -0.3 is 15.5 Å². The molecular formula is C19H15FN2O3. The average molecular weight is 338 g/mol. The number of nitrogens with one attached hydrogen (secondary N) is 1. The van der Waals surface area contributed by atoms with Crippen LogP contribution in [-0.2, 0) is 0 Å². The molecule has 3 rings (SSSR count). The fourth-order valence-electron chi connectivity index (χ4n) is 2.37. The predicted octanol–water partition coefficient (Wildman–Crippen LogP) is 3.75. The van der Waals surface area contributed by atoms with Gasteiger partial charge in [0, 0.05) is 16.8 Å². The van der Waals surface area contributed by atoms with Crippen molar-refractivity contribution >= 4 is 17.5 Å². The molecule has 0 fully saturated rings. The quantitative estimate of drug-likeness (QED) is 0.760. The maximum atomic E-state index is 13.0. The van der Waals surface area contributed by atoms with Crippen LogP contribution in [0.5, 0.6) is 0 Å². The average Bonchev–Trinajstić information content (AvgIpc) is 3.07. The van der Waals surface area contributed by atoms with Gasteiger partial charge in [-0.1, -0.05) is 0 Å². The normalized spacial score (nSPS) is 10.5. The number of carbonyl (C=O) groups is 2. The maximum Gasteiger partial charge on any atom is 0.291 e. The van der Waals surface area contributed by atoms with Crippen molar-refractivity contribution in [3.05, 3.63) is 77.3 Å². The summed E-state index contributed by atoms with van der Waals surface area (Å²) >= 11 is 0. The van der Waals surface area contributed by atoms with Crippen LogP contribution in [0.25, 0.3) is 11.3 Å². The molecule has 0 saturated heterocycles. The Kier molecular flexibility index (Phi) is 4.35. The Balaban J connectivity index is 1.78. The molecule has 1 aromatic heterocycles. The molecule has 2 amide bonds. The molecule has 6 heteroatoms. The van der Waals surface area contributed by atoms with E-state index in [4.69, 9.17) is 10.2 Å². The minimum atomic E-state index is -0.532. The smallest absolute Gasteiger partial charge is 0.291 e. The lowest BCUT2D eigenvalue weighted by Crippen LogP contribution is -2.14. The predicted molar refractivity (Wildman–Crippen MR) is 91.8 cm³/mol. The molecule has 0 unspecified atom stereocenters. The van der Waals surface area contributed by atoms with Crippen LogP contribution in [0.2, 0.25) is 0 Å². The molecule has 3 N–H and O–H groups in total. The number of halogens is 1. The van der Waals surface area contributed by atoms with Crippen LogP contribution in [-0.4, -0.2) is 11.8 Å². The lowest BCUT2D eigenvalue weighted by molar-refractivity contribution is 0.0992. The van der Waals surface area contributed by atoms with Gasteiger partial charge in [0.05, 0.1) is 0 Å². The molecule has 0 bridgehead atoms. The second kappa shape index (κ2) is 6.60. The first-order valence-electron chi connectivity index (χ1n) is 7.51. The van der Waals surface area contributed by atoms with Crippen LogP contribution >= 0.6 is 0 Å². The molecule has 1 heterocycles. The maximum absolute atomic E-state index is 13.0. The van der Waals surface area contributed by atoms with Crippen LogP contribution in [0.4, 0.5) is 10.1 Å². The molecule has 126 valence electrons. The van der Waals surface area contributed by atoms with E-state index in [0.29, 0.717) is 28.1 Å². The van der Waals surface area contributed by atoms with Gasteiger partial charge in [-0.2, -0.15) is 0 Å². The number of nitrogens with two attached hydrogens (primary N) is 1. The SMILES string of the molecule is Cc1cc(C(N)=O)ccc1NC(=O)c1ccc(-c2ccc(F)cc2)o1. The van der Waals surface area contributed by atoms with Gasteiger partial charge >= 0.3 is 0 Å². The molecule has 0 atom stereocenters. The molecule has 0 spiro atoms. The topological polar surface area (TPSA) is 85.3 Å². The summed E-state index contributed by atoms with van der Waals surface area (Å²) in [5.74, 6) is -0.717. The van der Waals surface area contributed by atoms with E-state index in [0.717, 1.165) is 0 Å². The Hall–Kier alpha value is -3.41. The molecule has 0 aliphatic carbocycles. The Bertz CT molecular complexity index is 946. The molecule has 25 heavy (non-hydrogen) atoms. The summed E-state index contributed by atoms with van der Waals surface area (Å²) < 4.78 is 18.5. The third-order valence-corrected chi connectivity index (χ3v) is 3.72. The van der Waals surface area contributed by atoms with E-state index in [9.17, 15) is 14.0 Å². The molecular weight excluding hydrogens is 323 g/mol. The van der Waals surface area contributed by atoms with E-state index < -0.39 is 11.8 Å². The van der Waals surface area contributed by atoms with Crippen LogP contribution in [0.1, 0.15) is 26.5 Å². The highest BCUT2D eigenvalue weighted by Crippen LogP contribution is 2.24. The minimum absolute atomic E-state index is 0.123. The number of hydrogen-bond acceptors (Lipinski definition) is 3. The van der Waals surface area contributed by atoms with Crippen molar-refractivity contribution in [2.45, 2.75) is 6.92 Å². The fraction of sp³-hybridized carbons (Fsp3) is 0.0526. The van der Waals surface area contributed by atoms with Crippen molar-refractivity contribution in [1.29, 1.82) is 0 Å². The zero-order chi connectivity index (χ0) is 18.0. The van der Waals surface area contributed by atoms with E-state index in [1.54, 1.807) is 43.3 Å². The number of primary amides is 1. The van der Waals surface area contributed by atoms with Gasteiger partial charge in [0.15, 0.2) is 5.76 Å². The lowest BCUT2D eigenvalue weighted by Gasteiger charge is -2.08. The summed E-state index contributed by atoms with van der Waals surface area (Å²) in [4.78, 5) is 23.5. The van der Waals surface area contributed by atoms with Gasteiger partial charge in [-0.25, -0.2) is 4.39 Å². The molecule has 5 nitrogen and oxygen atoms in total. The molecule has 2 aromatic carbocycles. The molecule has 0 radical (unpaired) electrons. The number of aryl methyl sites for hydroxylation is 1. The molecule has 0 aliphatic rings. The number of carbonyl (C=O) groups excluding carboxylic acids is 2. The van der Waals surface area contributed by atoms with Crippen LogP contribution in [0, 0.1) is 12.7 Å². The monoisotopic (exact) mass is 338 g/mol. The highest BCUT2D eigenvalue weighted by Gasteiger charge is 2.14. The zero-order valence-corrected chi connectivity index (χ0v) is 13.4. The van der Waals surface area contributed by atoms with Gasteiger partial charge in [0.1, 0.15) is 11.6 Å². The summed E-state index contributed by atoms with van der Waals surface area (Å²) in [6, 6.07) is 13.7. The van der Waals surface area contributed by atoms with Crippen molar-refractivity contribution in [2.24, 2.45) is 5.73 Å². The lowest BCUT2D eigenvalue weighted by atomic mass is 10.1. The molecule has 0 aliphatic heterocycles. The Morgan fingerprint density at radius 2 is 1.76 bits per heavy atom. The number of amides is 2. The van der Waals surface area contributed by atoms with Crippen molar-refractivity contribution in [3.63, 3.8) is 0 Å². The van der Waals surface area contributed by atoms with Gasteiger partial charge in [-0.3, -0.25) is 9.59 Å². The Morgan fingerprint density at radius 3 is 2.40 bits per heavy atom. The van der Waals surface area contributed by atoms with Crippen molar-refractivity contribution < 1.29 is 18.4 Å². The summed E-state index contributed by atoms with van der Waals surface area (Å²) in [6.07, 6.45) is 0. The van der Waals surface area contributed by atoms with E-state index in [-0.39, 0.29) is 11.6 Å². The summed E-state index contributed by atoms with van der Waals surface area (Å²) in [6.45, 7) is 1.76. The summed E-state index contributed by atoms with van der Waals surface area (Å²) in [5, 5.41) is 2.72. The van der Waals surface area contributed by atoms with Gasteiger partial charge in [0.2, 0.25) is 5.91 Å². The molecule has 3 aromatic rings. The second-order valence-corrected chi connectivity index (χ2v) is 5.52. The van der Waals surface area contributed by atoms with E-state index in [1.807, 2.05) is 0 Å². The Labute approximate surface area is 143 Å². The van der Waals surface area contributed by atoms with Gasteiger partial charge in [0.25, 0.3) is 5.91 Å². The zero-order valence-electron chi connectivity index (χ0n) is 13.4. The third-order valence-electron chi connectivity index (χ3n) is 3.72. The first-order valence-corrected chi connectivity index (χ1v) is 7.51.